The van der Waals surface area contributed by atoms with Crippen LogP contribution >= 0.6 is 50.5 Å². The first-order valence-electron chi connectivity index (χ1n) is 9.77. The van der Waals surface area contributed by atoms with Crippen molar-refractivity contribution in [3.8, 4) is 0 Å². The molecule has 156 valence electrons. The Labute approximate surface area is 197 Å². The predicted molar refractivity (Wildman–Crippen MR) is 126 cm³/mol. The molecule has 5 nitrogen and oxygen atoms in total. The third kappa shape index (κ3) is 3.94. The van der Waals surface area contributed by atoms with Gasteiger partial charge in [-0.2, -0.15) is 5.10 Å². The Balaban J connectivity index is 1.39. The Morgan fingerprint density at radius 3 is 2.83 bits per heavy atom. The number of amides is 1. The largest absolute Gasteiger partial charge is 0.284 e. The van der Waals surface area contributed by atoms with Gasteiger partial charge in [0.1, 0.15) is 5.71 Å². The molecule has 3 aliphatic rings. The molecule has 0 radical (unpaired) electrons. The molecular formula is C21H19BrCl2N4OS. The number of hydrazine groups is 1. The Morgan fingerprint density at radius 1 is 1.23 bits per heavy atom. The van der Waals surface area contributed by atoms with Gasteiger partial charge in [-0.1, -0.05) is 35.4 Å². The first kappa shape index (κ1) is 20.5. The molecule has 1 amide bonds. The highest BCUT2D eigenvalue weighted by atomic mass is 79.9. The number of thiophene rings is 1. The number of carbonyl (C=O) groups is 1. The average molecular weight is 526 g/mol. The fourth-order valence-electron chi connectivity index (χ4n) is 4.36. The summed E-state index contributed by atoms with van der Waals surface area (Å²) in [4.78, 5) is 14.1. The summed E-state index contributed by atoms with van der Waals surface area (Å²) in [6.45, 7) is 1.74. The van der Waals surface area contributed by atoms with Gasteiger partial charge in [0, 0.05) is 29.4 Å². The van der Waals surface area contributed by atoms with E-state index in [1.165, 1.54) is 0 Å². The molecule has 1 aromatic heterocycles. The van der Waals surface area contributed by atoms with Crippen LogP contribution in [-0.2, 0) is 4.79 Å². The lowest BCUT2D eigenvalue weighted by atomic mass is 10.0. The molecule has 3 atom stereocenters. The van der Waals surface area contributed by atoms with Crippen LogP contribution in [0, 0.1) is 11.8 Å². The van der Waals surface area contributed by atoms with Gasteiger partial charge in [0.15, 0.2) is 0 Å². The average Bonchev–Trinajstić information content (AvgIpc) is 3.44. The summed E-state index contributed by atoms with van der Waals surface area (Å²) >= 11 is 17.7. The van der Waals surface area contributed by atoms with E-state index in [0.717, 1.165) is 33.9 Å². The maximum Gasteiger partial charge on any atom is 0.281 e. The SMILES string of the molecule is O=C(NN1CC2C=CCC2C1)C1=NN(c2ccc(Cl)cc2Cl)C(c2ccc(Br)s2)C1. The fourth-order valence-corrected chi connectivity index (χ4v) is 6.36. The zero-order valence-electron chi connectivity index (χ0n) is 15.9. The van der Waals surface area contributed by atoms with E-state index in [9.17, 15) is 4.79 Å². The number of fused-ring (bicyclic) bond motifs is 1. The highest BCUT2D eigenvalue weighted by Gasteiger charge is 2.37. The van der Waals surface area contributed by atoms with Gasteiger partial charge in [-0.05, 0) is 64.5 Å². The molecule has 0 spiro atoms. The Morgan fingerprint density at radius 2 is 2.10 bits per heavy atom. The number of hydrazone groups is 1. The molecule has 5 rings (SSSR count). The van der Waals surface area contributed by atoms with Crippen molar-refractivity contribution in [3.05, 3.63) is 61.2 Å². The summed E-state index contributed by atoms with van der Waals surface area (Å²) in [6, 6.07) is 9.30. The fraction of sp³-hybridized carbons (Fsp3) is 0.333. The number of rotatable bonds is 4. The van der Waals surface area contributed by atoms with Crippen LogP contribution in [0.25, 0.3) is 0 Å². The zero-order chi connectivity index (χ0) is 20.8. The molecule has 1 aromatic carbocycles. The number of halogens is 3. The van der Waals surface area contributed by atoms with Crippen molar-refractivity contribution < 1.29 is 4.79 Å². The van der Waals surface area contributed by atoms with Crippen molar-refractivity contribution in [1.29, 1.82) is 0 Å². The minimum absolute atomic E-state index is 0.0957. The summed E-state index contributed by atoms with van der Waals surface area (Å²) in [6.07, 6.45) is 6.11. The van der Waals surface area contributed by atoms with Gasteiger partial charge in [0.2, 0.25) is 0 Å². The third-order valence-corrected chi connectivity index (χ3v) is 8.09. The minimum Gasteiger partial charge on any atom is -0.284 e. The van der Waals surface area contributed by atoms with Crippen LogP contribution in [0.3, 0.4) is 0 Å². The monoisotopic (exact) mass is 524 g/mol. The molecule has 1 fully saturated rings. The number of hydrogen-bond acceptors (Lipinski definition) is 5. The van der Waals surface area contributed by atoms with Crippen LogP contribution in [0.15, 0.2) is 51.4 Å². The molecule has 2 aliphatic heterocycles. The van der Waals surface area contributed by atoms with Crippen molar-refractivity contribution in [2.45, 2.75) is 18.9 Å². The van der Waals surface area contributed by atoms with Crippen LogP contribution in [0.2, 0.25) is 10.0 Å². The van der Waals surface area contributed by atoms with Crippen LogP contribution in [-0.4, -0.2) is 29.7 Å². The first-order valence-corrected chi connectivity index (χ1v) is 12.1. The van der Waals surface area contributed by atoms with E-state index in [1.807, 2.05) is 22.2 Å². The minimum atomic E-state index is -0.146. The van der Waals surface area contributed by atoms with E-state index in [2.05, 4.69) is 39.6 Å². The number of hydrogen-bond donors (Lipinski definition) is 1. The maximum atomic E-state index is 13.0. The number of nitrogens with one attached hydrogen (secondary N) is 1. The number of nitrogens with zero attached hydrogens (tertiary/aromatic N) is 3. The van der Waals surface area contributed by atoms with Gasteiger partial charge in [-0.3, -0.25) is 15.2 Å². The van der Waals surface area contributed by atoms with Gasteiger partial charge in [-0.25, -0.2) is 5.01 Å². The van der Waals surface area contributed by atoms with Gasteiger partial charge < -0.3 is 0 Å². The molecule has 9 heteroatoms. The predicted octanol–water partition coefficient (Wildman–Crippen LogP) is 5.66. The molecule has 30 heavy (non-hydrogen) atoms. The van der Waals surface area contributed by atoms with Crippen molar-refractivity contribution in [1.82, 2.24) is 10.4 Å². The Bertz CT molecular complexity index is 1060. The highest BCUT2D eigenvalue weighted by molar-refractivity contribution is 9.11. The molecule has 2 aromatic rings. The van der Waals surface area contributed by atoms with Crippen molar-refractivity contribution in [2.24, 2.45) is 16.9 Å². The van der Waals surface area contributed by atoms with E-state index in [0.29, 0.717) is 34.0 Å². The highest BCUT2D eigenvalue weighted by Crippen LogP contribution is 2.42. The van der Waals surface area contributed by atoms with E-state index in [-0.39, 0.29) is 11.9 Å². The number of allylic oxidation sites excluding steroid dienone is 1. The van der Waals surface area contributed by atoms with E-state index in [1.54, 1.807) is 23.5 Å². The second-order valence-corrected chi connectivity index (χ2v) is 11.1. The third-order valence-electron chi connectivity index (χ3n) is 5.82. The molecule has 1 saturated heterocycles. The van der Waals surface area contributed by atoms with Gasteiger partial charge in [0.25, 0.3) is 5.91 Å². The molecule has 0 saturated carbocycles. The number of benzene rings is 1. The smallest absolute Gasteiger partial charge is 0.281 e. The summed E-state index contributed by atoms with van der Waals surface area (Å²) < 4.78 is 1.04. The van der Waals surface area contributed by atoms with Gasteiger partial charge in [-0.15, -0.1) is 11.3 Å². The van der Waals surface area contributed by atoms with Crippen LogP contribution in [0.4, 0.5) is 5.69 Å². The number of anilines is 1. The number of carbonyl (C=O) groups excluding carboxylic acids is 1. The molecular weight excluding hydrogens is 507 g/mol. The molecule has 0 bridgehead atoms. The van der Waals surface area contributed by atoms with Crippen molar-refractivity contribution in [2.75, 3.05) is 18.1 Å². The van der Waals surface area contributed by atoms with Crippen molar-refractivity contribution >= 4 is 67.8 Å². The summed E-state index contributed by atoms with van der Waals surface area (Å²) in [5, 5.41) is 9.63. The standard InChI is InChI=1S/C21H19BrCl2N4OS/c22-20-7-6-19(30-20)18-9-16(25-28(18)17-5-4-14(23)8-15(17)24)21(29)26-27-10-12-2-1-3-13(12)11-27/h1-2,4-8,12-13,18H,3,9-11H2,(H,26,29). The van der Waals surface area contributed by atoms with E-state index < -0.39 is 0 Å². The first-order chi connectivity index (χ1) is 14.5. The Hall–Kier alpha value is -1.38. The van der Waals surface area contributed by atoms with Gasteiger partial charge >= 0.3 is 0 Å². The maximum absolute atomic E-state index is 13.0. The van der Waals surface area contributed by atoms with Crippen LogP contribution in [0.5, 0.6) is 0 Å². The lowest BCUT2D eigenvalue weighted by molar-refractivity contribution is -0.119. The zero-order valence-corrected chi connectivity index (χ0v) is 19.8. The second kappa shape index (κ2) is 8.28. The lowest BCUT2D eigenvalue weighted by Crippen LogP contribution is -2.44. The normalized spacial score (nSPS) is 25.6. The summed E-state index contributed by atoms with van der Waals surface area (Å²) in [5.41, 5.74) is 4.30. The van der Waals surface area contributed by atoms with Crippen LogP contribution < -0.4 is 10.4 Å². The van der Waals surface area contributed by atoms with E-state index >= 15 is 0 Å². The molecule has 3 heterocycles. The lowest BCUT2D eigenvalue weighted by Gasteiger charge is -2.23. The second-order valence-electron chi connectivity index (χ2n) is 7.78. The summed E-state index contributed by atoms with van der Waals surface area (Å²) in [5.74, 6) is 1.000. The quantitative estimate of drug-likeness (QED) is 0.523. The van der Waals surface area contributed by atoms with Gasteiger partial charge in [0.05, 0.1) is 20.5 Å². The molecule has 1 aliphatic carbocycles. The van der Waals surface area contributed by atoms with E-state index in [4.69, 9.17) is 28.3 Å². The van der Waals surface area contributed by atoms with Crippen molar-refractivity contribution in [3.63, 3.8) is 0 Å². The Kier molecular flexibility index (Phi) is 5.66. The topological polar surface area (TPSA) is 47.9 Å². The summed E-state index contributed by atoms with van der Waals surface area (Å²) in [7, 11) is 0. The molecule has 1 N–H and O–H groups in total. The van der Waals surface area contributed by atoms with Crippen LogP contribution in [0.1, 0.15) is 23.8 Å². The molecule has 3 unspecified atom stereocenters.